The van der Waals surface area contributed by atoms with E-state index in [1.807, 2.05) is 0 Å². The van der Waals surface area contributed by atoms with E-state index in [0.717, 1.165) is 0 Å². The topological polar surface area (TPSA) is 194 Å². The van der Waals surface area contributed by atoms with Crippen LogP contribution in [-0.4, -0.2) is 64.6 Å². The third-order valence-electron chi connectivity index (χ3n) is 4.09. The van der Waals surface area contributed by atoms with E-state index in [9.17, 15) is 24.0 Å². The van der Waals surface area contributed by atoms with Gasteiger partial charge in [-0.05, 0) is 12.8 Å². The molecular weight excluding hydrogens is 390 g/mol. The van der Waals surface area contributed by atoms with E-state index in [0.29, 0.717) is 6.42 Å². The molecule has 0 aliphatic heterocycles. The normalized spacial score (nSPS) is 16.0. The van der Waals surface area contributed by atoms with Crippen LogP contribution in [0.5, 0.6) is 0 Å². The largest absolute Gasteiger partial charge is 0.480 e. The first kappa shape index (κ1) is 25.7. The lowest BCUT2D eigenvalue weighted by Gasteiger charge is -2.27. The summed E-state index contributed by atoms with van der Waals surface area (Å²) in [5, 5.41) is 15.9. The van der Waals surface area contributed by atoms with Gasteiger partial charge < -0.3 is 32.5 Å². The summed E-state index contributed by atoms with van der Waals surface area (Å²) in [6.45, 7) is 4.74. The fraction of sp³-hybridized carbons (Fsp3) is 0.688. The Morgan fingerprint density at radius 3 is 2.00 bits per heavy atom. The van der Waals surface area contributed by atoms with Gasteiger partial charge in [-0.1, -0.05) is 20.3 Å². The van der Waals surface area contributed by atoms with Crippen LogP contribution in [0.2, 0.25) is 0 Å². The standard InChI is InChI=1S/C16H29N5O6S/c1-4-7(2)12(21-13(23)9(17)6-28)15(25)20-10(5-11(18)22)14(24)19-8(3)16(26)27/h7-10,12,28H,4-6,17H2,1-3H3,(H2,18,22)(H,19,24)(H,20,25)(H,21,23)(H,26,27). The minimum Gasteiger partial charge on any atom is -0.480 e. The van der Waals surface area contributed by atoms with Crippen LogP contribution in [0.3, 0.4) is 0 Å². The van der Waals surface area contributed by atoms with Crippen molar-refractivity contribution in [2.75, 3.05) is 5.75 Å². The van der Waals surface area contributed by atoms with Crippen LogP contribution >= 0.6 is 12.6 Å². The number of rotatable bonds is 12. The Balaban J connectivity index is 5.39. The van der Waals surface area contributed by atoms with E-state index in [4.69, 9.17) is 16.6 Å². The molecule has 4 amide bonds. The van der Waals surface area contributed by atoms with Crippen LogP contribution in [0, 0.1) is 5.92 Å². The van der Waals surface area contributed by atoms with Gasteiger partial charge in [0.15, 0.2) is 0 Å². The molecule has 0 radical (unpaired) electrons. The average molecular weight is 420 g/mol. The minimum atomic E-state index is -1.39. The number of hydrogen-bond acceptors (Lipinski definition) is 7. The Labute approximate surface area is 168 Å². The summed E-state index contributed by atoms with van der Waals surface area (Å²) in [7, 11) is 0. The summed E-state index contributed by atoms with van der Waals surface area (Å²) >= 11 is 3.93. The zero-order valence-electron chi connectivity index (χ0n) is 16.1. The van der Waals surface area contributed by atoms with Crippen LogP contribution in [-0.2, 0) is 24.0 Å². The smallest absolute Gasteiger partial charge is 0.325 e. The molecule has 0 aliphatic carbocycles. The van der Waals surface area contributed by atoms with Crippen molar-refractivity contribution in [1.29, 1.82) is 0 Å². The van der Waals surface area contributed by atoms with Crippen molar-refractivity contribution in [2.45, 2.75) is 57.8 Å². The zero-order chi connectivity index (χ0) is 22.0. The lowest BCUT2D eigenvalue weighted by molar-refractivity contribution is -0.142. The van der Waals surface area contributed by atoms with E-state index in [1.165, 1.54) is 6.92 Å². The second-order valence-electron chi connectivity index (χ2n) is 6.46. The predicted octanol–water partition coefficient (Wildman–Crippen LogP) is -2.28. The van der Waals surface area contributed by atoms with Gasteiger partial charge in [-0.15, -0.1) is 0 Å². The number of carbonyl (C=O) groups is 5. The first-order valence-corrected chi connectivity index (χ1v) is 9.36. The molecule has 12 heteroatoms. The van der Waals surface area contributed by atoms with Gasteiger partial charge in [0.25, 0.3) is 0 Å². The Morgan fingerprint density at radius 1 is 1.00 bits per heavy atom. The van der Waals surface area contributed by atoms with Crippen LogP contribution in [0.4, 0.5) is 0 Å². The van der Waals surface area contributed by atoms with Gasteiger partial charge in [0.2, 0.25) is 23.6 Å². The van der Waals surface area contributed by atoms with Crippen molar-refractivity contribution in [2.24, 2.45) is 17.4 Å². The molecule has 0 spiro atoms. The van der Waals surface area contributed by atoms with Crippen molar-refractivity contribution < 1.29 is 29.1 Å². The molecule has 0 rings (SSSR count). The highest BCUT2D eigenvalue weighted by Crippen LogP contribution is 2.09. The number of thiol groups is 1. The van der Waals surface area contributed by atoms with E-state index < -0.39 is 60.2 Å². The van der Waals surface area contributed by atoms with Crippen LogP contribution in [0.15, 0.2) is 0 Å². The summed E-state index contributed by atoms with van der Waals surface area (Å²) in [6.07, 6.45) is -0.0154. The molecule has 5 atom stereocenters. The average Bonchev–Trinajstić information content (AvgIpc) is 2.63. The fourth-order valence-electron chi connectivity index (χ4n) is 2.09. The van der Waals surface area contributed by atoms with Crippen LogP contribution in [0.25, 0.3) is 0 Å². The summed E-state index contributed by atoms with van der Waals surface area (Å²) in [5.74, 6) is -4.60. The zero-order valence-corrected chi connectivity index (χ0v) is 17.0. The number of aliphatic carboxylic acids is 1. The molecule has 0 aromatic heterocycles. The SMILES string of the molecule is CCC(C)C(NC(=O)C(N)CS)C(=O)NC(CC(N)=O)C(=O)NC(C)C(=O)O. The lowest BCUT2D eigenvalue weighted by atomic mass is 9.97. The number of carboxylic acids is 1. The predicted molar refractivity (Wildman–Crippen MR) is 104 cm³/mol. The summed E-state index contributed by atoms with van der Waals surface area (Å²) in [5.41, 5.74) is 10.7. The molecule has 0 heterocycles. The molecule has 5 unspecified atom stereocenters. The number of nitrogens with two attached hydrogens (primary N) is 2. The van der Waals surface area contributed by atoms with Gasteiger partial charge in [-0.3, -0.25) is 24.0 Å². The highest BCUT2D eigenvalue weighted by molar-refractivity contribution is 7.80. The molecule has 0 saturated carbocycles. The number of primary amides is 1. The molecule has 0 fully saturated rings. The number of amides is 4. The van der Waals surface area contributed by atoms with E-state index >= 15 is 0 Å². The fourth-order valence-corrected chi connectivity index (χ4v) is 2.26. The third-order valence-corrected chi connectivity index (χ3v) is 4.49. The first-order valence-electron chi connectivity index (χ1n) is 8.73. The van der Waals surface area contributed by atoms with E-state index in [2.05, 4.69) is 28.6 Å². The summed E-state index contributed by atoms with van der Waals surface area (Å²) in [6, 6.07) is -4.58. The molecule has 0 aliphatic rings. The molecule has 160 valence electrons. The second kappa shape index (κ2) is 12.2. The Kier molecular flexibility index (Phi) is 11.2. The van der Waals surface area contributed by atoms with Gasteiger partial charge in [0.1, 0.15) is 18.1 Å². The molecular formula is C16H29N5O6S. The Bertz CT molecular complexity index is 602. The summed E-state index contributed by atoms with van der Waals surface area (Å²) < 4.78 is 0. The van der Waals surface area contributed by atoms with Crippen LogP contribution in [0.1, 0.15) is 33.6 Å². The van der Waals surface area contributed by atoms with Crippen molar-refractivity contribution in [3.63, 3.8) is 0 Å². The molecule has 11 nitrogen and oxygen atoms in total. The maximum Gasteiger partial charge on any atom is 0.325 e. The lowest BCUT2D eigenvalue weighted by Crippen LogP contribution is -2.59. The molecule has 28 heavy (non-hydrogen) atoms. The number of nitrogens with one attached hydrogen (secondary N) is 3. The molecule has 0 bridgehead atoms. The van der Waals surface area contributed by atoms with Crippen molar-refractivity contribution >= 4 is 42.2 Å². The molecule has 0 aromatic rings. The van der Waals surface area contributed by atoms with Gasteiger partial charge in [-0.25, -0.2) is 0 Å². The highest BCUT2D eigenvalue weighted by Gasteiger charge is 2.32. The van der Waals surface area contributed by atoms with Gasteiger partial charge in [-0.2, -0.15) is 12.6 Å². The number of carboxylic acid groups (broad SMARTS) is 1. The molecule has 0 aromatic carbocycles. The van der Waals surface area contributed by atoms with Gasteiger partial charge >= 0.3 is 5.97 Å². The van der Waals surface area contributed by atoms with Crippen molar-refractivity contribution in [3.8, 4) is 0 Å². The quantitative estimate of drug-likeness (QED) is 0.173. The molecule has 8 N–H and O–H groups in total. The van der Waals surface area contributed by atoms with E-state index in [-0.39, 0.29) is 11.7 Å². The second-order valence-corrected chi connectivity index (χ2v) is 6.83. The van der Waals surface area contributed by atoms with E-state index in [1.54, 1.807) is 13.8 Å². The van der Waals surface area contributed by atoms with Gasteiger partial charge in [0.05, 0.1) is 12.5 Å². The van der Waals surface area contributed by atoms with Gasteiger partial charge in [0, 0.05) is 5.75 Å². The first-order chi connectivity index (χ1) is 12.9. The molecule has 0 saturated heterocycles. The maximum atomic E-state index is 12.7. The van der Waals surface area contributed by atoms with Crippen LogP contribution < -0.4 is 27.4 Å². The Morgan fingerprint density at radius 2 is 1.57 bits per heavy atom. The minimum absolute atomic E-state index is 0.0699. The number of hydrogen-bond donors (Lipinski definition) is 7. The Hall–Kier alpha value is -2.34. The maximum absolute atomic E-state index is 12.7. The third kappa shape index (κ3) is 8.57. The van der Waals surface area contributed by atoms with Crippen molar-refractivity contribution in [3.05, 3.63) is 0 Å². The highest BCUT2D eigenvalue weighted by atomic mass is 32.1. The summed E-state index contributed by atoms with van der Waals surface area (Å²) in [4.78, 5) is 59.1. The number of carbonyl (C=O) groups excluding carboxylic acids is 4. The van der Waals surface area contributed by atoms with Crippen molar-refractivity contribution in [1.82, 2.24) is 16.0 Å². The monoisotopic (exact) mass is 419 g/mol.